The highest BCUT2D eigenvalue weighted by Crippen LogP contribution is 2.39. The highest BCUT2D eigenvalue weighted by atomic mass is 19.1. The zero-order chi connectivity index (χ0) is 25.9. The second kappa shape index (κ2) is 8.52. The summed E-state index contributed by atoms with van der Waals surface area (Å²) in [6.07, 6.45) is 3.05. The molecule has 0 bridgehead atoms. The second-order valence-electron chi connectivity index (χ2n) is 11.2. The monoisotopic (exact) mass is 489 g/mol. The van der Waals surface area contributed by atoms with E-state index in [0.29, 0.717) is 22.4 Å². The van der Waals surface area contributed by atoms with Crippen molar-refractivity contribution in [1.82, 2.24) is 4.98 Å². The Morgan fingerprint density at radius 3 is 2.49 bits per heavy atom. The van der Waals surface area contributed by atoms with Crippen molar-refractivity contribution in [2.24, 2.45) is 12.5 Å². The Bertz CT molecular complexity index is 1820. The zero-order valence-corrected chi connectivity index (χ0v) is 21.9. The Morgan fingerprint density at radius 1 is 0.919 bits per heavy atom. The van der Waals surface area contributed by atoms with Crippen molar-refractivity contribution in [3.8, 4) is 22.5 Å². The molecule has 0 saturated heterocycles. The van der Waals surface area contributed by atoms with E-state index in [1.54, 1.807) is 0 Å². The zero-order valence-electron chi connectivity index (χ0n) is 21.9. The molecule has 0 atom stereocenters. The molecule has 0 fully saturated rings. The normalized spacial score (nSPS) is 12.2. The summed E-state index contributed by atoms with van der Waals surface area (Å²) in [6.45, 7) is 8.80. The third-order valence-electron chi connectivity index (χ3n) is 7.02. The van der Waals surface area contributed by atoms with Gasteiger partial charge in [0.15, 0.2) is 11.8 Å². The van der Waals surface area contributed by atoms with E-state index in [-0.39, 0.29) is 11.2 Å². The third kappa shape index (κ3) is 4.17. The molecule has 184 valence electrons. The van der Waals surface area contributed by atoms with Gasteiger partial charge >= 0.3 is 0 Å². The van der Waals surface area contributed by atoms with Gasteiger partial charge < -0.3 is 4.42 Å². The van der Waals surface area contributed by atoms with Gasteiger partial charge in [0.1, 0.15) is 12.9 Å². The molecule has 3 aromatic heterocycles. The van der Waals surface area contributed by atoms with E-state index >= 15 is 4.39 Å². The molecule has 0 N–H and O–H groups in total. The van der Waals surface area contributed by atoms with Crippen LogP contribution < -0.4 is 4.57 Å². The van der Waals surface area contributed by atoms with Crippen molar-refractivity contribution in [3.63, 3.8) is 0 Å². The summed E-state index contributed by atoms with van der Waals surface area (Å²) in [6, 6.07) is 24.1. The summed E-state index contributed by atoms with van der Waals surface area (Å²) in [7, 11) is 2.04. The van der Waals surface area contributed by atoms with Gasteiger partial charge in [-0.3, -0.25) is 0 Å². The maximum absolute atomic E-state index is 15.7. The van der Waals surface area contributed by atoms with Crippen molar-refractivity contribution < 1.29 is 13.4 Å². The first-order valence-corrected chi connectivity index (χ1v) is 12.7. The van der Waals surface area contributed by atoms with E-state index in [9.17, 15) is 0 Å². The molecule has 0 aliphatic rings. The number of halogens is 1. The van der Waals surface area contributed by atoms with E-state index < -0.39 is 0 Å². The lowest BCUT2D eigenvalue weighted by Gasteiger charge is -2.18. The lowest BCUT2D eigenvalue weighted by atomic mass is 9.88. The molecular weight excluding hydrogens is 459 g/mol. The Hall–Kier alpha value is -4.05. The summed E-state index contributed by atoms with van der Waals surface area (Å²) < 4.78 is 24.2. The van der Waals surface area contributed by atoms with Gasteiger partial charge in [-0.05, 0) is 46.7 Å². The molecule has 3 heterocycles. The fourth-order valence-corrected chi connectivity index (χ4v) is 5.29. The Labute approximate surface area is 216 Å². The van der Waals surface area contributed by atoms with Crippen LogP contribution in [0.4, 0.5) is 4.39 Å². The van der Waals surface area contributed by atoms with Gasteiger partial charge in [0.05, 0.1) is 16.6 Å². The van der Waals surface area contributed by atoms with E-state index in [4.69, 9.17) is 9.40 Å². The summed E-state index contributed by atoms with van der Waals surface area (Å²) in [5.41, 5.74) is 6.92. The first-order valence-electron chi connectivity index (χ1n) is 12.7. The number of aromatic nitrogens is 2. The third-order valence-corrected chi connectivity index (χ3v) is 7.02. The predicted molar refractivity (Wildman–Crippen MR) is 149 cm³/mol. The first kappa shape index (κ1) is 23.4. The van der Waals surface area contributed by atoms with Gasteiger partial charge in [-0.25, -0.2) is 13.9 Å². The molecular formula is C33H30FN2O+. The van der Waals surface area contributed by atoms with Gasteiger partial charge in [-0.2, -0.15) is 0 Å². The maximum Gasteiger partial charge on any atom is 0.230 e. The number of rotatable bonds is 3. The average molecular weight is 490 g/mol. The number of aryl methyl sites for hydroxylation is 2. The Balaban J connectivity index is 1.56. The minimum Gasteiger partial charge on any atom is -0.437 e. The predicted octanol–water partition coefficient (Wildman–Crippen LogP) is 8.33. The number of nitrogens with zero attached hydrogens (tertiary/aromatic N) is 2. The molecule has 4 heteroatoms. The summed E-state index contributed by atoms with van der Waals surface area (Å²) >= 11 is 0. The highest BCUT2D eigenvalue weighted by molar-refractivity contribution is 6.09. The number of furan rings is 1. The highest BCUT2D eigenvalue weighted by Gasteiger charge is 2.24. The fraction of sp³-hybridized carbons (Fsp3) is 0.212. The molecule has 0 aliphatic carbocycles. The standard InChI is InChI=1S/C33H30FN2O/c1-20-10-13-25-30-26(34)18-27(24-12-11-22-8-6-7-9-23(22)17-24)35-32(30)37-31(25)29(20)28-16-21(14-15-36(28)5)19-33(2,3)4/h6-18H,19H2,1-5H3/q+1. The molecule has 0 amide bonds. The van der Waals surface area contributed by atoms with Crippen LogP contribution in [0.5, 0.6) is 0 Å². The summed E-state index contributed by atoms with van der Waals surface area (Å²) in [5, 5.41) is 3.40. The fourth-order valence-electron chi connectivity index (χ4n) is 5.29. The number of hydrogen-bond donors (Lipinski definition) is 0. The number of fused-ring (bicyclic) bond motifs is 4. The molecule has 0 spiro atoms. The Morgan fingerprint density at radius 2 is 1.70 bits per heavy atom. The van der Waals surface area contributed by atoms with Crippen molar-refractivity contribution in [2.75, 3.05) is 0 Å². The van der Waals surface area contributed by atoms with Crippen LogP contribution in [0.15, 0.2) is 83.4 Å². The van der Waals surface area contributed by atoms with Crippen LogP contribution in [0.1, 0.15) is 31.9 Å². The number of benzene rings is 3. The van der Waals surface area contributed by atoms with E-state index in [1.807, 2.05) is 49.5 Å². The lowest BCUT2D eigenvalue weighted by Crippen LogP contribution is -2.31. The number of pyridine rings is 2. The largest absolute Gasteiger partial charge is 0.437 e. The molecule has 6 aromatic rings. The molecule has 0 aliphatic heterocycles. The first-order chi connectivity index (χ1) is 17.7. The quantitative estimate of drug-likeness (QED) is 0.234. The molecule has 37 heavy (non-hydrogen) atoms. The topological polar surface area (TPSA) is 29.9 Å². The van der Waals surface area contributed by atoms with Crippen LogP contribution in [0.25, 0.3) is 55.4 Å². The lowest BCUT2D eigenvalue weighted by molar-refractivity contribution is -0.660. The Kier molecular flexibility index (Phi) is 5.38. The van der Waals surface area contributed by atoms with E-state index in [2.05, 4.69) is 62.7 Å². The van der Waals surface area contributed by atoms with Crippen LogP contribution in [0.2, 0.25) is 0 Å². The van der Waals surface area contributed by atoms with Crippen LogP contribution in [0, 0.1) is 18.2 Å². The minimum atomic E-state index is -0.326. The van der Waals surface area contributed by atoms with Crippen LogP contribution >= 0.6 is 0 Å². The summed E-state index contributed by atoms with van der Waals surface area (Å²) in [4.78, 5) is 4.79. The average Bonchev–Trinajstić information content (AvgIpc) is 3.23. The van der Waals surface area contributed by atoms with Crippen LogP contribution in [-0.4, -0.2) is 4.98 Å². The van der Waals surface area contributed by atoms with Crippen LogP contribution in [0.3, 0.4) is 0 Å². The van der Waals surface area contributed by atoms with Gasteiger partial charge in [0, 0.05) is 29.1 Å². The molecule has 3 nitrogen and oxygen atoms in total. The SMILES string of the molecule is Cc1ccc2c(oc3nc(-c4ccc5ccccc5c4)cc(F)c32)c1-c1cc(CC(C)(C)C)cc[n+]1C. The van der Waals surface area contributed by atoms with Crippen molar-refractivity contribution in [1.29, 1.82) is 0 Å². The van der Waals surface area contributed by atoms with Gasteiger partial charge in [-0.1, -0.05) is 69.3 Å². The summed E-state index contributed by atoms with van der Waals surface area (Å²) in [5.74, 6) is -0.326. The minimum absolute atomic E-state index is 0.170. The second-order valence-corrected chi connectivity index (χ2v) is 11.2. The van der Waals surface area contributed by atoms with Gasteiger partial charge in [-0.15, -0.1) is 0 Å². The molecule has 0 unspecified atom stereocenters. The van der Waals surface area contributed by atoms with Gasteiger partial charge in [0.25, 0.3) is 0 Å². The van der Waals surface area contributed by atoms with Crippen molar-refractivity contribution in [3.05, 3.63) is 95.9 Å². The molecule has 3 aromatic carbocycles. The number of hydrogen-bond acceptors (Lipinski definition) is 2. The molecule has 0 radical (unpaired) electrons. The molecule has 0 saturated carbocycles. The maximum atomic E-state index is 15.7. The van der Waals surface area contributed by atoms with Crippen LogP contribution in [-0.2, 0) is 13.5 Å². The molecule has 6 rings (SSSR count). The van der Waals surface area contributed by atoms with E-state index in [0.717, 1.165) is 45.0 Å². The van der Waals surface area contributed by atoms with Crippen molar-refractivity contribution in [2.45, 2.75) is 34.1 Å². The van der Waals surface area contributed by atoms with Crippen molar-refractivity contribution >= 4 is 32.8 Å². The smallest absolute Gasteiger partial charge is 0.230 e. The van der Waals surface area contributed by atoms with E-state index in [1.165, 1.54) is 11.6 Å². The van der Waals surface area contributed by atoms with Gasteiger partial charge in [0.2, 0.25) is 11.4 Å².